The van der Waals surface area contributed by atoms with Crippen LogP contribution in [0.3, 0.4) is 0 Å². The van der Waals surface area contributed by atoms with Crippen molar-refractivity contribution in [1.29, 1.82) is 10.5 Å². The fraction of sp³-hybridized carbons (Fsp3) is 0.241. The molecule has 0 radical (unpaired) electrons. The van der Waals surface area contributed by atoms with E-state index < -0.39 is 17.0 Å². The second-order valence-electron chi connectivity index (χ2n) is 9.70. The molecule has 2 bridgehead atoms. The largest absolute Gasteiger partial charge is 0.494 e. The molecule has 0 amide bonds. The zero-order chi connectivity index (χ0) is 25.9. The second kappa shape index (κ2) is 7.99. The average Bonchev–Trinajstić information content (AvgIpc) is 3.48. The summed E-state index contributed by atoms with van der Waals surface area (Å²) in [7, 11) is 0. The Labute approximate surface area is 212 Å². The Morgan fingerprint density at radius 2 is 1.68 bits per heavy atom. The summed E-state index contributed by atoms with van der Waals surface area (Å²) in [6.07, 6.45) is 1.63. The summed E-state index contributed by atoms with van der Waals surface area (Å²) in [4.78, 5) is 0. The number of aromatic hydroxyl groups is 2. The molecular formula is C29H22FN3O4. The van der Waals surface area contributed by atoms with Crippen molar-refractivity contribution in [3.05, 3.63) is 82.7 Å². The van der Waals surface area contributed by atoms with Crippen LogP contribution in [0.4, 0.5) is 4.39 Å². The highest BCUT2D eigenvalue weighted by molar-refractivity contribution is 5.95. The summed E-state index contributed by atoms with van der Waals surface area (Å²) in [5.74, 6) is -0.572. The molecule has 4 aromatic rings. The summed E-state index contributed by atoms with van der Waals surface area (Å²) in [6, 6.07) is 18.8. The third-order valence-electron chi connectivity index (χ3n) is 7.63. The van der Waals surface area contributed by atoms with Crippen molar-refractivity contribution in [3.8, 4) is 35.3 Å². The molecule has 1 saturated heterocycles. The van der Waals surface area contributed by atoms with Crippen molar-refractivity contribution in [2.45, 2.75) is 37.4 Å². The van der Waals surface area contributed by atoms with Crippen LogP contribution < -0.4 is 4.74 Å². The number of hydrogen-bond donors (Lipinski definition) is 2. The van der Waals surface area contributed by atoms with Crippen LogP contribution in [0.15, 0.2) is 54.6 Å². The minimum Gasteiger partial charge on any atom is -0.494 e. The van der Waals surface area contributed by atoms with Gasteiger partial charge in [-0.15, -0.1) is 0 Å². The monoisotopic (exact) mass is 495 g/mol. The first kappa shape index (κ1) is 22.9. The Morgan fingerprint density at radius 1 is 0.973 bits per heavy atom. The molecule has 37 heavy (non-hydrogen) atoms. The van der Waals surface area contributed by atoms with Gasteiger partial charge in [0.15, 0.2) is 0 Å². The minimum atomic E-state index is -0.884. The highest BCUT2D eigenvalue weighted by atomic mass is 19.1. The van der Waals surface area contributed by atoms with Gasteiger partial charge in [0, 0.05) is 23.3 Å². The van der Waals surface area contributed by atoms with Gasteiger partial charge in [-0.3, -0.25) is 4.57 Å². The predicted octanol–water partition coefficient (Wildman–Crippen LogP) is 5.63. The van der Waals surface area contributed by atoms with Gasteiger partial charge in [0.05, 0.1) is 46.2 Å². The third kappa shape index (κ3) is 3.20. The lowest BCUT2D eigenvalue weighted by Crippen LogP contribution is -2.25. The maximum Gasteiger partial charge on any atom is 0.205 e. The number of fused-ring (bicyclic) bond motifs is 6. The molecule has 0 spiro atoms. The van der Waals surface area contributed by atoms with Crippen molar-refractivity contribution in [3.63, 3.8) is 0 Å². The number of benzene rings is 3. The number of nitrogens with zero attached hydrogens (tertiary/aromatic N) is 3. The van der Waals surface area contributed by atoms with Crippen molar-refractivity contribution in [2.24, 2.45) is 0 Å². The molecule has 2 aliphatic rings. The molecule has 0 aliphatic carbocycles. The van der Waals surface area contributed by atoms with Crippen LogP contribution in [0.25, 0.3) is 16.5 Å². The van der Waals surface area contributed by atoms with Crippen LogP contribution in [0.1, 0.15) is 48.4 Å². The SMILES string of the molecule is C[C@@]12CC[C@@](CCOc3ccc(C#N)c(F)c3)(O1)c1c2c(O)n(-c2ccc(C#N)c3ccccc23)c1O. The van der Waals surface area contributed by atoms with E-state index in [-0.39, 0.29) is 23.9 Å². The van der Waals surface area contributed by atoms with Crippen LogP contribution in [0.5, 0.6) is 17.5 Å². The Morgan fingerprint density at radius 3 is 2.41 bits per heavy atom. The van der Waals surface area contributed by atoms with E-state index in [1.165, 1.54) is 22.8 Å². The van der Waals surface area contributed by atoms with Gasteiger partial charge in [-0.1, -0.05) is 24.3 Å². The number of aromatic nitrogens is 1. The topological polar surface area (TPSA) is 111 Å². The molecule has 3 aromatic carbocycles. The molecule has 184 valence electrons. The molecule has 7 nitrogen and oxygen atoms in total. The molecule has 0 saturated carbocycles. The van der Waals surface area contributed by atoms with E-state index in [1.54, 1.807) is 18.2 Å². The molecule has 0 unspecified atom stereocenters. The molecule has 2 aliphatic heterocycles. The Kier molecular flexibility index (Phi) is 4.95. The Balaban J connectivity index is 1.40. The summed E-state index contributed by atoms with van der Waals surface area (Å²) in [5, 5.41) is 42.8. The second-order valence-corrected chi connectivity index (χ2v) is 9.70. The van der Waals surface area contributed by atoms with Gasteiger partial charge in [0.1, 0.15) is 23.2 Å². The molecule has 1 aromatic heterocycles. The minimum absolute atomic E-state index is 0.0571. The lowest BCUT2D eigenvalue weighted by atomic mass is 9.78. The van der Waals surface area contributed by atoms with E-state index in [0.717, 1.165) is 10.8 Å². The summed E-state index contributed by atoms with van der Waals surface area (Å²) in [6.45, 7) is 2.07. The molecule has 3 heterocycles. The van der Waals surface area contributed by atoms with E-state index in [0.29, 0.717) is 47.4 Å². The fourth-order valence-electron chi connectivity index (χ4n) is 5.92. The average molecular weight is 496 g/mol. The van der Waals surface area contributed by atoms with E-state index in [1.807, 2.05) is 31.2 Å². The highest BCUT2D eigenvalue weighted by Crippen LogP contribution is 2.65. The van der Waals surface area contributed by atoms with Gasteiger partial charge in [-0.25, -0.2) is 4.39 Å². The van der Waals surface area contributed by atoms with Crippen LogP contribution in [-0.2, 0) is 15.9 Å². The van der Waals surface area contributed by atoms with Crippen LogP contribution in [-0.4, -0.2) is 21.4 Å². The highest BCUT2D eigenvalue weighted by Gasteiger charge is 2.61. The van der Waals surface area contributed by atoms with E-state index in [9.17, 15) is 19.9 Å². The number of nitriles is 2. The maximum atomic E-state index is 14.0. The number of ether oxygens (including phenoxy) is 2. The zero-order valence-corrected chi connectivity index (χ0v) is 20.0. The first-order valence-corrected chi connectivity index (χ1v) is 11.9. The molecule has 2 atom stereocenters. The van der Waals surface area contributed by atoms with Gasteiger partial charge < -0.3 is 19.7 Å². The Bertz CT molecular complexity index is 1680. The van der Waals surface area contributed by atoms with Crippen molar-refractivity contribution in [1.82, 2.24) is 4.57 Å². The summed E-state index contributed by atoms with van der Waals surface area (Å²) >= 11 is 0. The molecule has 8 heteroatoms. The lowest BCUT2D eigenvalue weighted by Gasteiger charge is -2.26. The van der Waals surface area contributed by atoms with E-state index >= 15 is 0 Å². The summed E-state index contributed by atoms with van der Waals surface area (Å²) in [5.41, 5.74) is 0.409. The van der Waals surface area contributed by atoms with Crippen LogP contribution >= 0.6 is 0 Å². The van der Waals surface area contributed by atoms with Gasteiger partial charge in [-0.2, -0.15) is 10.5 Å². The fourth-order valence-corrected chi connectivity index (χ4v) is 5.92. The first-order valence-electron chi connectivity index (χ1n) is 11.9. The van der Waals surface area contributed by atoms with Crippen molar-refractivity contribution in [2.75, 3.05) is 6.61 Å². The molecule has 2 N–H and O–H groups in total. The summed E-state index contributed by atoms with van der Waals surface area (Å²) < 4.78 is 27.6. The number of hydrogen-bond acceptors (Lipinski definition) is 6. The lowest BCUT2D eigenvalue weighted by molar-refractivity contribution is -0.0876. The first-order chi connectivity index (χ1) is 17.8. The standard InChI is InChI=1S/C29H22FN3O4/c1-28-10-11-29(37-28,12-13-36-19-8-6-18(16-32)22(30)14-19)25-24(28)26(34)33(27(25)35)23-9-7-17(15-31)20-4-2-3-5-21(20)23/h2-9,14,34-35H,10-13H2,1H3/t28-,29-/m0/s1. The van der Waals surface area contributed by atoms with Gasteiger partial charge in [0.25, 0.3) is 0 Å². The molecule has 1 fully saturated rings. The van der Waals surface area contributed by atoms with Gasteiger partial charge in [-0.05, 0) is 44.0 Å². The van der Waals surface area contributed by atoms with E-state index in [2.05, 4.69) is 6.07 Å². The normalized spacial score (nSPS) is 21.5. The third-order valence-corrected chi connectivity index (χ3v) is 7.63. The predicted molar refractivity (Wildman–Crippen MR) is 132 cm³/mol. The quantitative estimate of drug-likeness (QED) is 0.371. The van der Waals surface area contributed by atoms with Crippen LogP contribution in [0.2, 0.25) is 0 Å². The van der Waals surface area contributed by atoms with Crippen molar-refractivity contribution < 1.29 is 24.1 Å². The van der Waals surface area contributed by atoms with Gasteiger partial charge >= 0.3 is 0 Å². The number of rotatable bonds is 5. The maximum absolute atomic E-state index is 14.0. The van der Waals surface area contributed by atoms with Gasteiger partial charge in [0.2, 0.25) is 11.8 Å². The zero-order valence-electron chi connectivity index (χ0n) is 20.0. The Hall–Kier alpha value is -4.53. The molecule has 6 rings (SSSR count). The number of halogens is 1. The smallest absolute Gasteiger partial charge is 0.205 e. The van der Waals surface area contributed by atoms with E-state index in [4.69, 9.17) is 14.7 Å². The molecular weight excluding hydrogens is 473 g/mol. The van der Waals surface area contributed by atoms with Crippen LogP contribution in [0, 0.1) is 28.5 Å². The van der Waals surface area contributed by atoms with Crippen molar-refractivity contribution >= 4 is 10.8 Å².